The highest BCUT2D eigenvalue weighted by atomic mass is 16.6. The summed E-state index contributed by atoms with van der Waals surface area (Å²) < 4.78 is 0. The Morgan fingerprint density at radius 1 is 1.53 bits per heavy atom. The first kappa shape index (κ1) is 13.2. The summed E-state index contributed by atoms with van der Waals surface area (Å²) >= 11 is 0. The molecule has 0 heterocycles. The maximum absolute atomic E-state index is 10.9. The minimum absolute atomic E-state index is 0.0967. The van der Waals surface area contributed by atoms with Gasteiger partial charge in [-0.05, 0) is 25.5 Å². The van der Waals surface area contributed by atoms with Crippen LogP contribution in [-0.4, -0.2) is 22.7 Å². The molecule has 0 radical (unpaired) electrons. The fourth-order valence-corrected chi connectivity index (χ4v) is 1.42. The molecule has 5 N–H and O–H groups in total. The molecule has 0 bridgehead atoms. The number of hydrogen-bond donors (Lipinski definition) is 4. The van der Waals surface area contributed by atoms with Crippen LogP contribution in [0, 0.1) is 10.1 Å². The van der Waals surface area contributed by atoms with Gasteiger partial charge in [0.2, 0.25) is 0 Å². The number of nitro benzene ring substituents is 1. The van der Waals surface area contributed by atoms with Crippen molar-refractivity contribution in [3.8, 4) is 0 Å². The molecule has 0 aliphatic rings. The summed E-state index contributed by atoms with van der Waals surface area (Å²) in [5.41, 5.74) is 2.82. The Balaban J connectivity index is 2.87. The van der Waals surface area contributed by atoms with E-state index in [4.69, 9.17) is 10.9 Å². The van der Waals surface area contributed by atoms with Gasteiger partial charge in [-0.15, -0.1) is 0 Å². The van der Waals surface area contributed by atoms with Gasteiger partial charge in [0.25, 0.3) is 0 Å². The standard InChI is InChI=1S/C10H16N4O3/c1-7(15)5-6-12-8-3-2-4-9(13-11)10(8)14(16)17/h2-4,7,12-13,15H,5-6,11H2,1H3. The van der Waals surface area contributed by atoms with Crippen LogP contribution < -0.4 is 16.6 Å². The highest BCUT2D eigenvalue weighted by Crippen LogP contribution is 2.31. The summed E-state index contributed by atoms with van der Waals surface area (Å²) in [7, 11) is 0. The molecule has 0 aliphatic heterocycles. The smallest absolute Gasteiger partial charge is 0.316 e. The lowest BCUT2D eigenvalue weighted by atomic mass is 10.2. The minimum atomic E-state index is -0.500. The molecule has 0 spiro atoms. The summed E-state index contributed by atoms with van der Waals surface area (Å²) in [5.74, 6) is 5.21. The van der Waals surface area contributed by atoms with E-state index in [1.54, 1.807) is 19.1 Å². The number of benzene rings is 1. The zero-order chi connectivity index (χ0) is 12.8. The summed E-state index contributed by atoms with van der Waals surface area (Å²) in [4.78, 5) is 10.4. The first-order valence-corrected chi connectivity index (χ1v) is 5.22. The highest BCUT2D eigenvalue weighted by molar-refractivity contribution is 5.75. The van der Waals surface area contributed by atoms with Crippen molar-refractivity contribution in [1.29, 1.82) is 0 Å². The van der Waals surface area contributed by atoms with Gasteiger partial charge in [-0.3, -0.25) is 16.0 Å². The predicted octanol–water partition coefficient (Wildman–Crippen LogP) is 1.06. The number of nitro groups is 1. The monoisotopic (exact) mass is 240 g/mol. The maximum Gasteiger partial charge on any atom is 0.316 e. The Morgan fingerprint density at radius 3 is 2.71 bits per heavy atom. The van der Waals surface area contributed by atoms with E-state index < -0.39 is 11.0 Å². The summed E-state index contributed by atoms with van der Waals surface area (Å²) in [5, 5.41) is 22.9. The van der Waals surface area contributed by atoms with Crippen molar-refractivity contribution in [2.45, 2.75) is 19.4 Å². The molecule has 1 aromatic rings. The number of hydrogen-bond acceptors (Lipinski definition) is 6. The number of nitrogens with two attached hydrogens (primary N) is 1. The molecule has 1 rings (SSSR count). The number of nitrogens with zero attached hydrogens (tertiary/aromatic N) is 1. The first-order chi connectivity index (χ1) is 8.06. The number of rotatable bonds is 6. The Bertz CT molecular complexity index is 395. The molecule has 0 saturated carbocycles. The molecule has 1 aromatic carbocycles. The zero-order valence-corrected chi connectivity index (χ0v) is 9.51. The van der Waals surface area contributed by atoms with Gasteiger partial charge in [-0.25, -0.2) is 0 Å². The van der Waals surface area contributed by atoms with Gasteiger partial charge in [0.05, 0.1) is 11.0 Å². The van der Waals surface area contributed by atoms with Crippen molar-refractivity contribution >= 4 is 17.1 Å². The van der Waals surface area contributed by atoms with E-state index in [0.717, 1.165) is 0 Å². The van der Waals surface area contributed by atoms with E-state index in [2.05, 4.69) is 10.7 Å². The number of aliphatic hydroxyl groups is 1. The lowest BCUT2D eigenvalue weighted by Gasteiger charge is -2.10. The first-order valence-electron chi connectivity index (χ1n) is 5.22. The lowest BCUT2D eigenvalue weighted by Crippen LogP contribution is -2.13. The lowest BCUT2D eigenvalue weighted by molar-refractivity contribution is -0.383. The van der Waals surface area contributed by atoms with Gasteiger partial charge in [0.1, 0.15) is 11.4 Å². The van der Waals surface area contributed by atoms with Gasteiger partial charge in [0.15, 0.2) is 0 Å². The fraction of sp³-hybridized carbons (Fsp3) is 0.400. The number of nitrogen functional groups attached to an aromatic ring is 1. The van der Waals surface area contributed by atoms with Crippen LogP contribution >= 0.6 is 0 Å². The molecular formula is C10H16N4O3. The third-order valence-electron chi connectivity index (χ3n) is 2.25. The maximum atomic E-state index is 10.9. The molecular weight excluding hydrogens is 224 g/mol. The van der Waals surface area contributed by atoms with E-state index in [9.17, 15) is 10.1 Å². The van der Waals surface area contributed by atoms with E-state index in [1.165, 1.54) is 6.07 Å². The van der Waals surface area contributed by atoms with Crippen LogP contribution in [0.3, 0.4) is 0 Å². The Hall–Kier alpha value is -1.86. The number of para-hydroxylation sites is 1. The molecule has 0 amide bonds. The number of anilines is 2. The Morgan fingerprint density at radius 2 is 2.18 bits per heavy atom. The van der Waals surface area contributed by atoms with E-state index in [-0.39, 0.29) is 11.4 Å². The third kappa shape index (κ3) is 3.58. The number of nitrogens with one attached hydrogen (secondary N) is 2. The third-order valence-corrected chi connectivity index (χ3v) is 2.25. The van der Waals surface area contributed by atoms with Crippen molar-refractivity contribution in [2.24, 2.45) is 5.84 Å². The second kappa shape index (κ2) is 6.02. The van der Waals surface area contributed by atoms with Crippen molar-refractivity contribution in [2.75, 3.05) is 17.3 Å². The van der Waals surface area contributed by atoms with Crippen LogP contribution in [0.2, 0.25) is 0 Å². The predicted molar refractivity (Wildman–Crippen MR) is 65.7 cm³/mol. The SMILES string of the molecule is CC(O)CCNc1cccc(NN)c1[N+](=O)[O-]. The molecule has 0 aliphatic carbocycles. The average molecular weight is 240 g/mol. The van der Waals surface area contributed by atoms with Crippen molar-refractivity contribution in [3.05, 3.63) is 28.3 Å². The minimum Gasteiger partial charge on any atom is -0.393 e. The van der Waals surface area contributed by atoms with Crippen molar-refractivity contribution < 1.29 is 10.0 Å². The molecule has 7 nitrogen and oxygen atoms in total. The average Bonchev–Trinajstić information content (AvgIpc) is 2.27. The molecule has 0 aromatic heterocycles. The molecule has 1 unspecified atom stereocenters. The van der Waals surface area contributed by atoms with Crippen molar-refractivity contribution in [3.63, 3.8) is 0 Å². The number of hydrazine groups is 1. The Kier molecular flexibility index (Phi) is 4.68. The summed E-state index contributed by atoms with van der Waals surface area (Å²) in [6.07, 6.45) is 0.0645. The second-order valence-electron chi connectivity index (χ2n) is 3.67. The molecule has 1 atom stereocenters. The van der Waals surface area contributed by atoms with Crippen LogP contribution in [-0.2, 0) is 0 Å². The van der Waals surface area contributed by atoms with Crippen LogP contribution in [0.4, 0.5) is 17.1 Å². The highest BCUT2D eigenvalue weighted by Gasteiger charge is 2.18. The normalized spacial score (nSPS) is 11.9. The second-order valence-corrected chi connectivity index (χ2v) is 3.67. The Labute approximate surface area is 98.7 Å². The largest absolute Gasteiger partial charge is 0.393 e. The van der Waals surface area contributed by atoms with Crippen molar-refractivity contribution in [1.82, 2.24) is 0 Å². The number of aliphatic hydroxyl groups excluding tert-OH is 1. The molecule has 0 saturated heterocycles. The fourth-order valence-electron chi connectivity index (χ4n) is 1.42. The van der Waals surface area contributed by atoms with E-state index >= 15 is 0 Å². The van der Waals surface area contributed by atoms with Gasteiger partial charge < -0.3 is 15.8 Å². The van der Waals surface area contributed by atoms with Gasteiger partial charge in [0, 0.05) is 6.54 Å². The van der Waals surface area contributed by atoms with Gasteiger partial charge >= 0.3 is 5.69 Å². The molecule has 94 valence electrons. The summed E-state index contributed by atoms with van der Waals surface area (Å²) in [6.45, 7) is 2.11. The molecule has 7 heteroatoms. The zero-order valence-electron chi connectivity index (χ0n) is 9.51. The van der Waals surface area contributed by atoms with Crippen LogP contribution in [0.25, 0.3) is 0 Å². The van der Waals surface area contributed by atoms with Gasteiger partial charge in [-0.2, -0.15) is 0 Å². The summed E-state index contributed by atoms with van der Waals surface area (Å²) in [6, 6.07) is 4.78. The topological polar surface area (TPSA) is 113 Å². The van der Waals surface area contributed by atoms with Crippen LogP contribution in [0.1, 0.15) is 13.3 Å². The van der Waals surface area contributed by atoms with Gasteiger partial charge in [-0.1, -0.05) is 6.07 Å². The van der Waals surface area contributed by atoms with Crippen LogP contribution in [0.5, 0.6) is 0 Å². The molecule has 17 heavy (non-hydrogen) atoms. The quantitative estimate of drug-likeness (QED) is 0.336. The van der Waals surface area contributed by atoms with E-state index in [1.807, 2.05) is 0 Å². The molecule has 0 fully saturated rings. The van der Waals surface area contributed by atoms with E-state index in [0.29, 0.717) is 18.7 Å². The van der Waals surface area contributed by atoms with Crippen LogP contribution in [0.15, 0.2) is 18.2 Å².